The fourth-order valence-electron chi connectivity index (χ4n) is 1.43. The highest BCUT2D eigenvalue weighted by molar-refractivity contribution is 9.10. The maximum Gasteiger partial charge on any atom is 0.411 e. The molecule has 0 amide bonds. The number of hydrogen-bond donors (Lipinski definition) is 1. The smallest absolute Gasteiger partial charge is 0.371 e. The molecule has 0 heterocycles. The molecule has 0 saturated heterocycles. The number of alkyl halides is 3. The van der Waals surface area contributed by atoms with Gasteiger partial charge in [0.1, 0.15) is 6.61 Å². The van der Waals surface area contributed by atoms with Gasteiger partial charge in [0, 0.05) is 29.2 Å². The van der Waals surface area contributed by atoms with Gasteiger partial charge in [0.25, 0.3) is 5.69 Å². The van der Waals surface area contributed by atoms with Crippen molar-refractivity contribution < 1.29 is 22.8 Å². The van der Waals surface area contributed by atoms with Crippen LogP contribution < -0.4 is 5.32 Å². The van der Waals surface area contributed by atoms with Crippen LogP contribution in [-0.2, 0) is 11.3 Å². The second-order valence-corrected chi connectivity index (χ2v) is 4.79. The van der Waals surface area contributed by atoms with Gasteiger partial charge < -0.3 is 10.1 Å². The summed E-state index contributed by atoms with van der Waals surface area (Å²) in [4.78, 5) is 10.3. The van der Waals surface area contributed by atoms with Crippen molar-refractivity contribution in [3.8, 4) is 0 Å². The Balaban J connectivity index is 2.38. The van der Waals surface area contributed by atoms with Crippen LogP contribution in [0.4, 0.5) is 18.9 Å². The van der Waals surface area contributed by atoms with Crippen molar-refractivity contribution in [1.29, 1.82) is 0 Å². The van der Waals surface area contributed by atoms with Crippen LogP contribution in [0.2, 0.25) is 0 Å². The van der Waals surface area contributed by atoms with Gasteiger partial charge in [-0.3, -0.25) is 10.1 Å². The Morgan fingerprint density at radius 2 is 2.10 bits per heavy atom. The molecule has 1 aromatic carbocycles. The fraction of sp³-hybridized carbons (Fsp3) is 0.455. The van der Waals surface area contributed by atoms with Crippen LogP contribution in [0.25, 0.3) is 0 Å². The predicted molar refractivity (Wildman–Crippen MR) is 69.4 cm³/mol. The summed E-state index contributed by atoms with van der Waals surface area (Å²) in [5.74, 6) is 0. The van der Waals surface area contributed by atoms with Gasteiger partial charge in [-0.2, -0.15) is 13.2 Å². The molecule has 0 spiro atoms. The number of ether oxygens (including phenoxy) is 1. The lowest BCUT2D eigenvalue weighted by atomic mass is 10.2. The first kappa shape index (κ1) is 16.9. The molecule has 1 rings (SSSR count). The van der Waals surface area contributed by atoms with Gasteiger partial charge in [-0.15, -0.1) is 0 Å². The second-order valence-electron chi connectivity index (χ2n) is 3.87. The molecule has 9 heteroatoms. The van der Waals surface area contributed by atoms with E-state index in [1.165, 1.54) is 6.07 Å². The number of nitrogens with one attached hydrogen (secondary N) is 1. The summed E-state index contributed by atoms with van der Waals surface area (Å²) >= 11 is 3.20. The lowest BCUT2D eigenvalue weighted by Gasteiger charge is -2.09. The minimum absolute atomic E-state index is 0.0445. The quantitative estimate of drug-likeness (QED) is 0.463. The minimum Gasteiger partial charge on any atom is -0.371 e. The molecule has 0 unspecified atom stereocenters. The standard InChI is InChI=1S/C11H12BrF3N2O3/c12-9-1-2-10(17(18)19)8(5-9)6-16-3-4-20-7-11(13,14)15/h1-2,5,16H,3-4,6-7H2. The molecule has 0 bridgehead atoms. The number of rotatable bonds is 7. The van der Waals surface area contributed by atoms with E-state index < -0.39 is 17.7 Å². The average molecular weight is 357 g/mol. The highest BCUT2D eigenvalue weighted by Crippen LogP contribution is 2.22. The Kier molecular flexibility index (Phi) is 6.37. The van der Waals surface area contributed by atoms with Crippen molar-refractivity contribution in [3.63, 3.8) is 0 Å². The molecule has 0 aliphatic carbocycles. The lowest BCUT2D eigenvalue weighted by Crippen LogP contribution is -2.23. The minimum atomic E-state index is -4.34. The van der Waals surface area contributed by atoms with Crippen molar-refractivity contribution in [1.82, 2.24) is 5.32 Å². The van der Waals surface area contributed by atoms with E-state index >= 15 is 0 Å². The number of hydrogen-bond acceptors (Lipinski definition) is 4. The monoisotopic (exact) mass is 356 g/mol. The molecule has 0 atom stereocenters. The zero-order valence-electron chi connectivity index (χ0n) is 10.2. The summed E-state index contributed by atoms with van der Waals surface area (Å²) in [5, 5.41) is 13.6. The summed E-state index contributed by atoms with van der Waals surface area (Å²) in [6.45, 7) is -1.09. The second kappa shape index (κ2) is 7.55. The topological polar surface area (TPSA) is 64.4 Å². The Bertz CT molecular complexity index is 469. The Hall–Kier alpha value is -1.19. The molecule has 0 aliphatic rings. The highest BCUT2D eigenvalue weighted by Gasteiger charge is 2.27. The van der Waals surface area contributed by atoms with E-state index in [-0.39, 0.29) is 25.4 Å². The number of nitro groups is 1. The third kappa shape index (κ3) is 6.31. The Labute approximate surface area is 121 Å². The van der Waals surface area contributed by atoms with Gasteiger partial charge in [0.05, 0.1) is 11.5 Å². The summed E-state index contributed by atoms with van der Waals surface area (Å²) < 4.78 is 40.5. The van der Waals surface area contributed by atoms with Gasteiger partial charge in [-0.1, -0.05) is 15.9 Å². The molecule has 5 nitrogen and oxygen atoms in total. The van der Waals surface area contributed by atoms with Gasteiger partial charge in [0.2, 0.25) is 0 Å². The van der Waals surface area contributed by atoms with E-state index in [2.05, 4.69) is 26.0 Å². The van der Waals surface area contributed by atoms with Gasteiger partial charge >= 0.3 is 6.18 Å². The first-order valence-corrected chi connectivity index (χ1v) is 6.37. The average Bonchev–Trinajstić information content (AvgIpc) is 2.32. The van der Waals surface area contributed by atoms with Crippen LogP contribution in [0, 0.1) is 10.1 Å². The zero-order valence-corrected chi connectivity index (χ0v) is 11.8. The van der Waals surface area contributed by atoms with Gasteiger partial charge in [-0.05, 0) is 12.1 Å². The SMILES string of the molecule is O=[N+]([O-])c1ccc(Br)cc1CNCCOCC(F)(F)F. The lowest BCUT2D eigenvalue weighted by molar-refractivity contribution is -0.385. The Morgan fingerprint density at radius 1 is 1.40 bits per heavy atom. The number of benzene rings is 1. The summed E-state index contributed by atoms with van der Waals surface area (Å²) in [6, 6.07) is 4.50. The maximum absolute atomic E-state index is 11.8. The number of nitro benzene ring substituents is 1. The van der Waals surface area contributed by atoms with E-state index in [1.807, 2.05) is 0 Å². The first-order valence-electron chi connectivity index (χ1n) is 5.57. The van der Waals surface area contributed by atoms with Crippen LogP contribution in [0.1, 0.15) is 5.56 Å². The zero-order chi connectivity index (χ0) is 15.2. The van der Waals surface area contributed by atoms with E-state index in [4.69, 9.17) is 0 Å². The van der Waals surface area contributed by atoms with E-state index in [1.54, 1.807) is 12.1 Å². The highest BCUT2D eigenvalue weighted by atomic mass is 79.9. The molecular weight excluding hydrogens is 345 g/mol. The van der Waals surface area contributed by atoms with Crippen LogP contribution >= 0.6 is 15.9 Å². The van der Waals surface area contributed by atoms with Crippen LogP contribution in [0.15, 0.2) is 22.7 Å². The molecule has 1 aromatic rings. The van der Waals surface area contributed by atoms with Crippen molar-refractivity contribution >= 4 is 21.6 Å². The molecule has 0 radical (unpaired) electrons. The third-order valence-corrected chi connectivity index (χ3v) is 2.74. The number of halogens is 4. The number of nitrogens with zero attached hydrogens (tertiary/aromatic N) is 1. The fourth-order valence-corrected chi connectivity index (χ4v) is 1.84. The van der Waals surface area contributed by atoms with E-state index in [0.717, 1.165) is 0 Å². The third-order valence-electron chi connectivity index (χ3n) is 2.24. The largest absolute Gasteiger partial charge is 0.411 e. The maximum atomic E-state index is 11.8. The van der Waals surface area contributed by atoms with Gasteiger partial charge in [0.15, 0.2) is 0 Å². The van der Waals surface area contributed by atoms with Crippen LogP contribution in [0.3, 0.4) is 0 Å². The summed E-state index contributed by atoms with van der Waals surface area (Å²) in [6.07, 6.45) is -4.34. The summed E-state index contributed by atoms with van der Waals surface area (Å²) in [7, 11) is 0. The molecular formula is C11H12BrF3N2O3. The first-order chi connectivity index (χ1) is 9.29. The molecule has 112 valence electrons. The molecule has 0 saturated carbocycles. The van der Waals surface area contributed by atoms with Gasteiger partial charge in [-0.25, -0.2) is 0 Å². The van der Waals surface area contributed by atoms with Crippen molar-refractivity contribution in [2.45, 2.75) is 12.7 Å². The normalized spacial score (nSPS) is 11.6. The van der Waals surface area contributed by atoms with Crippen molar-refractivity contribution in [2.24, 2.45) is 0 Å². The predicted octanol–water partition coefficient (Wildman–Crippen LogP) is 3.03. The van der Waals surface area contributed by atoms with E-state index in [9.17, 15) is 23.3 Å². The van der Waals surface area contributed by atoms with Crippen LogP contribution in [0.5, 0.6) is 0 Å². The van der Waals surface area contributed by atoms with Crippen molar-refractivity contribution in [3.05, 3.63) is 38.3 Å². The molecule has 0 aromatic heterocycles. The van der Waals surface area contributed by atoms with Crippen molar-refractivity contribution in [2.75, 3.05) is 19.8 Å². The molecule has 0 fully saturated rings. The molecule has 1 N–H and O–H groups in total. The van der Waals surface area contributed by atoms with Crippen LogP contribution in [-0.4, -0.2) is 30.9 Å². The Morgan fingerprint density at radius 3 is 2.70 bits per heavy atom. The molecule has 0 aliphatic heterocycles. The van der Waals surface area contributed by atoms with E-state index in [0.29, 0.717) is 10.0 Å². The molecule has 20 heavy (non-hydrogen) atoms. The summed E-state index contributed by atoms with van der Waals surface area (Å²) in [5.41, 5.74) is 0.400.